The number of hydrogen-bond donors (Lipinski definition) is 1. The summed E-state index contributed by atoms with van der Waals surface area (Å²) in [6.45, 7) is 1.05. The number of nitriles is 1. The van der Waals surface area contributed by atoms with Gasteiger partial charge in [0.05, 0.1) is 11.0 Å². The van der Waals surface area contributed by atoms with E-state index in [1.807, 2.05) is 0 Å². The first kappa shape index (κ1) is 20.3. The SMILES string of the molecule is CN1CC(NC(=O)c2cccc(S(=O)(=O)N3CCC(C#N)CC3)c2)CCC1=O. The minimum absolute atomic E-state index is 0.0544. The summed E-state index contributed by atoms with van der Waals surface area (Å²) in [5, 5.41) is 11.9. The lowest BCUT2D eigenvalue weighted by atomic mass is 10.0. The predicted molar refractivity (Wildman–Crippen MR) is 102 cm³/mol. The molecule has 0 spiro atoms. The third-order valence-corrected chi connectivity index (χ3v) is 7.23. The topological polar surface area (TPSA) is 111 Å². The van der Waals surface area contributed by atoms with Crippen molar-refractivity contribution < 1.29 is 18.0 Å². The van der Waals surface area contributed by atoms with E-state index in [4.69, 9.17) is 5.26 Å². The second-order valence-electron chi connectivity index (χ2n) is 7.32. The number of amides is 2. The normalized spacial score (nSPS) is 21.9. The maximum atomic E-state index is 12.9. The summed E-state index contributed by atoms with van der Waals surface area (Å²) in [5.41, 5.74) is 0.271. The molecule has 1 aromatic carbocycles. The molecule has 1 unspecified atom stereocenters. The molecule has 0 radical (unpaired) electrons. The standard InChI is InChI=1S/C19H24N4O4S/c1-22-13-16(5-6-18(22)24)21-19(25)15-3-2-4-17(11-15)28(26,27)23-9-7-14(12-20)8-10-23/h2-4,11,14,16H,5-10,13H2,1H3,(H,21,25). The molecule has 9 heteroatoms. The molecule has 1 aromatic rings. The van der Waals surface area contributed by atoms with Gasteiger partial charge in [-0.1, -0.05) is 6.07 Å². The van der Waals surface area contributed by atoms with Crippen molar-refractivity contribution in [1.29, 1.82) is 5.26 Å². The molecule has 0 bridgehead atoms. The Morgan fingerprint density at radius 1 is 1.25 bits per heavy atom. The fourth-order valence-corrected chi connectivity index (χ4v) is 5.09. The van der Waals surface area contributed by atoms with E-state index >= 15 is 0 Å². The molecule has 0 aliphatic carbocycles. The maximum absolute atomic E-state index is 12.9. The number of sulfonamides is 1. The van der Waals surface area contributed by atoms with Crippen LogP contribution in [-0.2, 0) is 14.8 Å². The number of benzene rings is 1. The summed E-state index contributed by atoms with van der Waals surface area (Å²) in [4.78, 5) is 25.8. The van der Waals surface area contributed by atoms with Gasteiger partial charge in [0.2, 0.25) is 15.9 Å². The van der Waals surface area contributed by atoms with E-state index in [1.165, 1.54) is 16.4 Å². The number of nitrogens with one attached hydrogen (secondary N) is 1. The van der Waals surface area contributed by atoms with Gasteiger partial charge in [-0.25, -0.2) is 8.42 Å². The van der Waals surface area contributed by atoms with Crippen molar-refractivity contribution in [3.05, 3.63) is 29.8 Å². The van der Waals surface area contributed by atoms with Gasteiger partial charge in [0.25, 0.3) is 5.91 Å². The lowest BCUT2D eigenvalue weighted by Gasteiger charge is -2.30. The Balaban J connectivity index is 1.70. The Morgan fingerprint density at radius 2 is 1.96 bits per heavy atom. The van der Waals surface area contributed by atoms with Crippen LogP contribution in [0.15, 0.2) is 29.2 Å². The van der Waals surface area contributed by atoms with Crippen LogP contribution in [0.1, 0.15) is 36.0 Å². The van der Waals surface area contributed by atoms with Crippen molar-refractivity contribution >= 4 is 21.8 Å². The molecule has 2 saturated heterocycles. The Hall–Kier alpha value is -2.44. The molecular formula is C19H24N4O4S. The van der Waals surface area contributed by atoms with E-state index in [9.17, 15) is 18.0 Å². The van der Waals surface area contributed by atoms with Crippen molar-refractivity contribution in [2.24, 2.45) is 5.92 Å². The summed E-state index contributed by atoms with van der Waals surface area (Å²) in [6, 6.07) is 8.04. The fraction of sp³-hybridized carbons (Fsp3) is 0.526. The third-order valence-electron chi connectivity index (χ3n) is 5.33. The minimum Gasteiger partial charge on any atom is -0.348 e. The number of piperidine rings is 2. The van der Waals surface area contributed by atoms with Crippen LogP contribution in [-0.4, -0.2) is 62.2 Å². The molecule has 2 fully saturated rings. The van der Waals surface area contributed by atoms with Gasteiger partial charge in [-0.15, -0.1) is 0 Å². The first-order valence-electron chi connectivity index (χ1n) is 9.36. The van der Waals surface area contributed by atoms with Crippen LogP contribution in [0.3, 0.4) is 0 Å². The van der Waals surface area contributed by atoms with Crippen LogP contribution in [0.25, 0.3) is 0 Å². The highest BCUT2D eigenvalue weighted by Crippen LogP contribution is 2.24. The van der Waals surface area contributed by atoms with E-state index in [0.29, 0.717) is 45.3 Å². The summed E-state index contributed by atoms with van der Waals surface area (Å²) >= 11 is 0. The molecule has 1 N–H and O–H groups in total. The predicted octanol–water partition coefficient (Wildman–Crippen LogP) is 0.961. The Labute approximate surface area is 165 Å². The van der Waals surface area contributed by atoms with Crippen molar-refractivity contribution in [1.82, 2.24) is 14.5 Å². The largest absolute Gasteiger partial charge is 0.348 e. The van der Waals surface area contributed by atoms with Gasteiger partial charge in [-0.05, 0) is 37.5 Å². The number of rotatable bonds is 4. The van der Waals surface area contributed by atoms with Crippen molar-refractivity contribution in [2.45, 2.75) is 36.6 Å². The Morgan fingerprint density at radius 3 is 2.61 bits per heavy atom. The average molecular weight is 404 g/mol. The number of carbonyl (C=O) groups excluding carboxylic acids is 2. The van der Waals surface area contributed by atoms with Gasteiger partial charge in [-0.3, -0.25) is 9.59 Å². The quantitative estimate of drug-likeness (QED) is 0.804. The molecule has 150 valence electrons. The smallest absolute Gasteiger partial charge is 0.251 e. The molecule has 2 amide bonds. The molecule has 2 aliphatic rings. The van der Waals surface area contributed by atoms with Crippen LogP contribution in [0.2, 0.25) is 0 Å². The first-order valence-corrected chi connectivity index (χ1v) is 10.8. The summed E-state index contributed by atoms with van der Waals surface area (Å²) in [7, 11) is -2.01. The molecule has 3 rings (SSSR count). The average Bonchev–Trinajstić information content (AvgIpc) is 2.71. The zero-order valence-electron chi connectivity index (χ0n) is 15.8. The second-order valence-corrected chi connectivity index (χ2v) is 9.26. The number of carbonyl (C=O) groups is 2. The molecule has 2 aliphatic heterocycles. The highest BCUT2D eigenvalue weighted by Gasteiger charge is 2.30. The fourth-order valence-electron chi connectivity index (χ4n) is 3.57. The number of nitrogens with zero attached hydrogens (tertiary/aromatic N) is 3. The summed E-state index contributed by atoms with van der Waals surface area (Å²) in [6.07, 6.45) is 1.99. The van der Waals surface area contributed by atoms with E-state index < -0.39 is 10.0 Å². The Bertz CT molecular complexity index is 901. The number of hydrogen-bond acceptors (Lipinski definition) is 5. The van der Waals surface area contributed by atoms with Crippen LogP contribution >= 0.6 is 0 Å². The van der Waals surface area contributed by atoms with Gasteiger partial charge in [-0.2, -0.15) is 9.57 Å². The summed E-state index contributed by atoms with van der Waals surface area (Å²) in [5.74, 6) is -0.407. The molecule has 0 aromatic heterocycles. The second kappa shape index (κ2) is 8.29. The zero-order valence-corrected chi connectivity index (χ0v) is 16.6. The van der Waals surface area contributed by atoms with Crippen molar-refractivity contribution in [3.8, 4) is 6.07 Å². The minimum atomic E-state index is -3.71. The van der Waals surface area contributed by atoms with Crippen LogP contribution < -0.4 is 5.32 Å². The van der Waals surface area contributed by atoms with Gasteiger partial charge in [0, 0.05) is 50.6 Å². The highest BCUT2D eigenvalue weighted by molar-refractivity contribution is 7.89. The summed E-state index contributed by atoms with van der Waals surface area (Å²) < 4.78 is 27.2. The van der Waals surface area contributed by atoms with Crippen LogP contribution in [0.5, 0.6) is 0 Å². The molecule has 0 saturated carbocycles. The van der Waals surface area contributed by atoms with E-state index in [-0.39, 0.29) is 34.2 Å². The monoisotopic (exact) mass is 404 g/mol. The van der Waals surface area contributed by atoms with E-state index in [1.54, 1.807) is 24.1 Å². The Kier molecular flexibility index (Phi) is 6.01. The van der Waals surface area contributed by atoms with Gasteiger partial charge < -0.3 is 10.2 Å². The van der Waals surface area contributed by atoms with Crippen molar-refractivity contribution in [3.63, 3.8) is 0 Å². The van der Waals surface area contributed by atoms with E-state index in [0.717, 1.165) is 0 Å². The molecule has 8 nitrogen and oxygen atoms in total. The molecule has 1 atom stereocenters. The third kappa shape index (κ3) is 4.34. The van der Waals surface area contributed by atoms with Crippen LogP contribution in [0.4, 0.5) is 0 Å². The molecule has 28 heavy (non-hydrogen) atoms. The van der Waals surface area contributed by atoms with E-state index in [2.05, 4.69) is 11.4 Å². The highest BCUT2D eigenvalue weighted by atomic mass is 32.2. The number of likely N-dealkylation sites (tertiary alicyclic amines) is 1. The lowest BCUT2D eigenvalue weighted by Crippen LogP contribution is -2.48. The first-order chi connectivity index (χ1) is 13.3. The molecule has 2 heterocycles. The maximum Gasteiger partial charge on any atom is 0.251 e. The molecular weight excluding hydrogens is 380 g/mol. The lowest BCUT2D eigenvalue weighted by molar-refractivity contribution is -0.132. The van der Waals surface area contributed by atoms with Crippen molar-refractivity contribution in [2.75, 3.05) is 26.7 Å². The number of likely N-dealkylation sites (N-methyl/N-ethyl adjacent to an activating group) is 1. The van der Waals surface area contributed by atoms with Crippen LogP contribution in [0, 0.1) is 17.2 Å². The van der Waals surface area contributed by atoms with Gasteiger partial charge in [0.15, 0.2) is 0 Å². The van der Waals surface area contributed by atoms with Gasteiger partial charge in [0.1, 0.15) is 0 Å². The zero-order chi connectivity index (χ0) is 20.3. The van der Waals surface area contributed by atoms with Gasteiger partial charge >= 0.3 is 0 Å².